The number of aromatic nitrogens is 1. The van der Waals surface area contributed by atoms with Crippen LogP contribution in [0.3, 0.4) is 0 Å². The highest BCUT2D eigenvalue weighted by molar-refractivity contribution is 7.92. The van der Waals surface area contributed by atoms with E-state index in [0.29, 0.717) is 30.9 Å². The number of amides is 1. The smallest absolute Gasteiger partial charge is 0.263 e. The van der Waals surface area contributed by atoms with Gasteiger partial charge in [-0.15, -0.1) is 0 Å². The number of hydrogen-bond donors (Lipinski definition) is 2. The van der Waals surface area contributed by atoms with E-state index in [1.807, 2.05) is 31.2 Å². The molecule has 1 heterocycles. The fourth-order valence-electron chi connectivity index (χ4n) is 2.73. The zero-order valence-corrected chi connectivity index (χ0v) is 17.5. The van der Waals surface area contributed by atoms with Gasteiger partial charge in [0.25, 0.3) is 10.0 Å². The Balaban J connectivity index is 1.53. The Morgan fingerprint density at radius 3 is 2.40 bits per heavy atom. The number of ether oxygens (including phenoxy) is 1. The predicted octanol–water partition coefficient (Wildman–Crippen LogP) is 3.75. The highest BCUT2D eigenvalue weighted by Crippen LogP contribution is 2.19. The third-order valence-electron chi connectivity index (χ3n) is 4.19. The first-order chi connectivity index (χ1) is 14.4. The first-order valence-corrected chi connectivity index (χ1v) is 10.9. The van der Waals surface area contributed by atoms with Crippen LogP contribution in [0.25, 0.3) is 0 Å². The lowest BCUT2D eigenvalue weighted by Crippen LogP contribution is -2.14. The molecule has 3 aromatic rings. The van der Waals surface area contributed by atoms with Crippen molar-refractivity contribution >= 4 is 27.4 Å². The van der Waals surface area contributed by atoms with Gasteiger partial charge in [-0.3, -0.25) is 9.52 Å². The Hall–Kier alpha value is -3.33. The van der Waals surface area contributed by atoms with E-state index in [1.165, 1.54) is 30.3 Å². The van der Waals surface area contributed by atoms with Crippen LogP contribution in [-0.2, 0) is 21.2 Å². The molecule has 1 aromatic heterocycles. The van der Waals surface area contributed by atoms with Gasteiger partial charge >= 0.3 is 0 Å². The SMILES string of the molecule is CCOc1ccc(CCC(=O)Nc2ccc(S(=O)(=O)Nc3cc(C)on3)cc2)cc1. The molecule has 0 saturated heterocycles. The standard InChI is InChI=1S/C21H23N3O5S/c1-3-28-18-9-4-16(5-10-18)6-13-21(25)22-17-7-11-19(12-8-17)30(26,27)24-20-14-15(2)29-23-20/h4-5,7-12,14H,3,6,13H2,1-2H3,(H,22,25)(H,23,24). The molecule has 0 saturated carbocycles. The lowest BCUT2D eigenvalue weighted by atomic mass is 10.1. The molecule has 0 atom stereocenters. The summed E-state index contributed by atoms with van der Waals surface area (Å²) in [5.41, 5.74) is 1.55. The molecule has 2 N–H and O–H groups in total. The van der Waals surface area contributed by atoms with Gasteiger partial charge in [0.1, 0.15) is 11.5 Å². The minimum absolute atomic E-state index is 0.0514. The minimum atomic E-state index is -3.79. The topological polar surface area (TPSA) is 111 Å². The number of sulfonamides is 1. The van der Waals surface area contributed by atoms with Gasteiger partial charge in [-0.1, -0.05) is 17.3 Å². The monoisotopic (exact) mass is 429 g/mol. The summed E-state index contributed by atoms with van der Waals surface area (Å²) in [5, 5.41) is 6.38. The second-order valence-corrected chi connectivity index (χ2v) is 8.26. The van der Waals surface area contributed by atoms with E-state index in [1.54, 1.807) is 6.92 Å². The Morgan fingerprint density at radius 1 is 1.10 bits per heavy atom. The molecule has 0 fully saturated rings. The van der Waals surface area contributed by atoms with Gasteiger partial charge in [-0.25, -0.2) is 8.42 Å². The number of benzene rings is 2. The lowest BCUT2D eigenvalue weighted by molar-refractivity contribution is -0.116. The van der Waals surface area contributed by atoms with E-state index in [2.05, 4.69) is 15.2 Å². The Bertz CT molecular complexity index is 1090. The summed E-state index contributed by atoms with van der Waals surface area (Å²) in [7, 11) is -3.79. The van der Waals surface area contributed by atoms with Crippen molar-refractivity contribution < 1.29 is 22.5 Å². The van der Waals surface area contributed by atoms with Crippen molar-refractivity contribution in [3.63, 3.8) is 0 Å². The Morgan fingerprint density at radius 2 is 1.80 bits per heavy atom. The molecule has 0 aliphatic heterocycles. The van der Waals surface area contributed by atoms with E-state index in [9.17, 15) is 13.2 Å². The number of rotatable bonds is 9. The number of carbonyl (C=O) groups is 1. The Labute approximate surface area is 175 Å². The average Bonchev–Trinajstić information content (AvgIpc) is 3.12. The molecule has 0 bridgehead atoms. The number of anilines is 2. The van der Waals surface area contributed by atoms with E-state index in [-0.39, 0.29) is 16.6 Å². The minimum Gasteiger partial charge on any atom is -0.494 e. The summed E-state index contributed by atoms with van der Waals surface area (Å²) in [4.78, 5) is 12.2. The van der Waals surface area contributed by atoms with Crippen molar-refractivity contribution in [1.29, 1.82) is 0 Å². The maximum atomic E-state index is 12.4. The molecule has 0 radical (unpaired) electrons. The Kier molecular flexibility index (Phi) is 6.73. The highest BCUT2D eigenvalue weighted by Gasteiger charge is 2.16. The van der Waals surface area contributed by atoms with Crippen LogP contribution in [-0.4, -0.2) is 26.1 Å². The maximum Gasteiger partial charge on any atom is 0.263 e. The lowest BCUT2D eigenvalue weighted by Gasteiger charge is -2.08. The predicted molar refractivity (Wildman–Crippen MR) is 113 cm³/mol. The highest BCUT2D eigenvalue weighted by atomic mass is 32.2. The summed E-state index contributed by atoms with van der Waals surface area (Å²) >= 11 is 0. The molecule has 0 aliphatic rings. The van der Waals surface area contributed by atoms with E-state index >= 15 is 0 Å². The summed E-state index contributed by atoms with van der Waals surface area (Å²) < 4.78 is 37.3. The van der Waals surface area contributed by atoms with Gasteiger partial charge in [-0.05, 0) is 62.2 Å². The molecule has 1 amide bonds. The van der Waals surface area contributed by atoms with Gasteiger partial charge in [-0.2, -0.15) is 0 Å². The van der Waals surface area contributed by atoms with Gasteiger partial charge in [0.15, 0.2) is 5.82 Å². The van der Waals surface area contributed by atoms with Crippen LogP contribution in [0.4, 0.5) is 11.5 Å². The second kappa shape index (κ2) is 9.45. The largest absolute Gasteiger partial charge is 0.494 e. The molecule has 9 heteroatoms. The summed E-state index contributed by atoms with van der Waals surface area (Å²) in [6.45, 7) is 4.20. The van der Waals surface area contributed by atoms with Crippen molar-refractivity contribution in [2.24, 2.45) is 0 Å². The van der Waals surface area contributed by atoms with Crippen LogP contribution in [0, 0.1) is 6.92 Å². The maximum absolute atomic E-state index is 12.4. The zero-order chi connectivity index (χ0) is 21.6. The fraction of sp³-hybridized carbons (Fsp3) is 0.238. The van der Waals surface area contributed by atoms with Gasteiger partial charge < -0.3 is 14.6 Å². The van der Waals surface area contributed by atoms with Gasteiger partial charge in [0, 0.05) is 18.2 Å². The van der Waals surface area contributed by atoms with Crippen LogP contribution >= 0.6 is 0 Å². The van der Waals surface area contributed by atoms with E-state index < -0.39 is 10.0 Å². The number of hydrogen-bond acceptors (Lipinski definition) is 6. The molecular formula is C21H23N3O5S. The molecule has 158 valence electrons. The van der Waals surface area contributed by atoms with Crippen LogP contribution < -0.4 is 14.8 Å². The quantitative estimate of drug-likeness (QED) is 0.536. The van der Waals surface area contributed by atoms with Crippen molar-refractivity contribution in [2.75, 3.05) is 16.6 Å². The van der Waals surface area contributed by atoms with Crippen molar-refractivity contribution in [3.8, 4) is 5.75 Å². The molecule has 8 nitrogen and oxygen atoms in total. The molecule has 30 heavy (non-hydrogen) atoms. The van der Waals surface area contributed by atoms with Crippen LogP contribution in [0.5, 0.6) is 5.75 Å². The number of nitrogens with one attached hydrogen (secondary N) is 2. The summed E-state index contributed by atoms with van der Waals surface area (Å²) in [6.07, 6.45) is 0.896. The fourth-order valence-corrected chi connectivity index (χ4v) is 3.71. The number of carbonyl (C=O) groups excluding carboxylic acids is 1. The average molecular weight is 429 g/mol. The third kappa shape index (κ3) is 5.84. The van der Waals surface area contributed by atoms with Crippen LogP contribution in [0.2, 0.25) is 0 Å². The molecule has 3 rings (SSSR count). The number of aryl methyl sites for hydroxylation is 2. The van der Waals surface area contributed by atoms with Crippen molar-refractivity contribution in [3.05, 3.63) is 65.9 Å². The summed E-state index contributed by atoms with van der Waals surface area (Å²) in [5.74, 6) is 1.25. The number of nitrogens with zero attached hydrogens (tertiary/aromatic N) is 1. The molecule has 2 aromatic carbocycles. The molecule has 0 unspecified atom stereocenters. The van der Waals surface area contributed by atoms with Gasteiger partial charge in [0.2, 0.25) is 5.91 Å². The van der Waals surface area contributed by atoms with Crippen molar-refractivity contribution in [2.45, 2.75) is 31.6 Å². The molecule has 0 aliphatic carbocycles. The normalized spacial score (nSPS) is 11.1. The van der Waals surface area contributed by atoms with Crippen LogP contribution in [0.15, 0.2) is 64.0 Å². The first-order valence-electron chi connectivity index (χ1n) is 9.43. The first kappa shape index (κ1) is 21.4. The zero-order valence-electron chi connectivity index (χ0n) is 16.7. The van der Waals surface area contributed by atoms with Crippen LogP contribution in [0.1, 0.15) is 24.7 Å². The second-order valence-electron chi connectivity index (χ2n) is 6.58. The molecular weight excluding hydrogens is 406 g/mol. The molecule has 0 spiro atoms. The third-order valence-corrected chi connectivity index (χ3v) is 5.56. The van der Waals surface area contributed by atoms with Gasteiger partial charge in [0.05, 0.1) is 11.5 Å². The van der Waals surface area contributed by atoms with E-state index in [4.69, 9.17) is 9.26 Å². The van der Waals surface area contributed by atoms with Crippen molar-refractivity contribution in [1.82, 2.24) is 5.16 Å². The summed E-state index contributed by atoms with van der Waals surface area (Å²) in [6, 6.07) is 15.0. The van der Waals surface area contributed by atoms with E-state index in [0.717, 1.165) is 11.3 Å².